The van der Waals surface area contributed by atoms with Gasteiger partial charge in [-0.15, -0.1) is 5.10 Å². The molecule has 4 nitrogen and oxygen atoms in total. The molecule has 0 saturated heterocycles. The molecule has 106 valence electrons. The Kier molecular flexibility index (Phi) is 3.78. The van der Waals surface area contributed by atoms with Gasteiger partial charge >= 0.3 is 0 Å². The first kappa shape index (κ1) is 13.6. The smallest absolute Gasteiger partial charge is 0.159 e. The van der Waals surface area contributed by atoms with E-state index in [0.29, 0.717) is 5.82 Å². The zero-order valence-corrected chi connectivity index (χ0v) is 12.3. The van der Waals surface area contributed by atoms with E-state index in [1.54, 1.807) is 0 Å². The molecule has 1 saturated carbocycles. The highest BCUT2D eigenvalue weighted by molar-refractivity contribution is 9.10. The van der Waals surface area contributed by atoms with Crippen molar-refractivity contribution < 1.29 is 8.78 Å². The van der Waals surface area contributed by atoms with Crippen LogP contribution in [0.15, 0.2) is 16.6 Å². The largest absolute Gasteiger partial charge is 0.206 e. The van der Waals surface area contributed by atoms with Gasteiger partial charge in [0.15, 0.2) is 5.82 Å². The first-order chi connectivity index (χ1) is 9.66. The summed E-state index contributed by atoms with van der Waals surface area (Å²) in [5.74, 6) is -0.260. The fourth-order valence-electron chi connectivity index (χ4n) is 2.66. The van der Waals surface area contributed by atoms with Gasteiger partial charge in [-0.3, -0.25) is 0 Å². The van der Waals surface area contributed by atoms with E-state index in [1.807, 2.05) is 0 Å². The fourth-order valence-corrected chi connectivity index (χ4v) is 2.97. The number of tetrazole rings is 1. The monoisotopic (exact) mass is 342 g/mol. The van der Waals surface area contributed by atoms with Gasteiger partial charge in [-0.05, 0) is 45.3 Å². The topological polar surface area (TPSA) is 43.6 Å². The summed E-state index contributed by atoms with van der Waals surface area (Å²) in [4.78, 5) is 0. The highest BCUT2D eigenvalue weighted by Crippen LogP contribution is 2.32. The molecule has 1 fully saturated rings. The number of benzene rings is 1. The molecule has 0 bridgehead atoms. The highest BCUT2D eigenvalue weighted by atomic mass is 79.9. The second-order valence-electron chi connectivity index (χ2n) is 5.00. The van der Waals surface area contributed by atoms with Crippen LogP contribution in [0.3, 0.4) is 0 Å². The van der Waals surface area contributed by atoms with Crippen LogP contribution in [0.25, 0.3) is 5.69 Å². The molecule has 0 atom stereocenters. The summed E-state index contributed by atoms with van der Waals surface area (Å²) in [6, 6.07) is 2.21. The Morgan fingerprint density at radius 1 is 1.10 bits per heavy atom. The molecule has 2 aromatic rings. The lowest BCUT2D eigenvalue weighted by Gasteiger charge is -2.20. The average molecular weight is 343 g/mol. The third-order valence-corrected chi connectivity index (χ3v) is 4.29. The lowest BCUT2D eigenvalue weighted by Crippen LogP contribution is -2.13. The van der Waals surface area contributed by atoms with Gasteiger partial charge in [0.05, 0.1) is 4.47 Å². The van der Waals surface area contributed by atoms with E-state index >= 15 is 0 Å². The van der Waals surface area contributed by atoms with Crippen LogP contribution in [0.4, 0.5) is 8.78 Å². The van der Waals surface area contributed by atoms with Crippen molar-refractivity contribution in [2.24, 2.45) is 0 Å². The summed E-state index contributed by atoms with van der Waals surface area (Å²) < 4.78 is 29.1. The van der Waals surface area contributed by atoms with Crippen molar-refractivity contribution in [3.63, 3.8) is 0 Å². The maximum Gasteiger partial charge on any atom is 0.159 e. The van der Waals surface area contributed by atoms with Crippen molar-refractivity contribution in [3.8, 4) is 5.69 Å². The van der Waals surface area contributed by atoms with Crippen LogP contribution < -0.4 is 0 Å². The van der Waals surface area contributed by atoms with Gasteiger partial charge in [-0.1, -0.05) is 19.3 Å². The van der Waals surface area contributed by atoms with Crippen molar-refractivity contribution >= 4 is 15.9 Å². The zero-order valence-electron chi connectivity index (χ0n) is 10.7. The van der Waals surface area contributed by atoms with E-state index in [4.69, 9.17) is 0 Å². The SMILES string of the molecule is Fc1cc(-n2nnnc2C2CCCCC2)c(F)cc1Br. The summed E-state index contributed by atoms with van der Waals surface area (Å²) >= 11 is 2.96. The Labute approximate surface area is 123 Å². The minimum Gasteiger partial charge on any atom is -0.206 e. The van der Waals surface area contributed by atoms with Crippen LogP contribution in [0.1, 0.15) is 43.8 Å². The van der Waals surface area contributed by atoms with Gasteiger partial charge in [-0.25, -0.2) is 8.78 Å². The van der Waals surface area contributed by atoms with Crippen molar-refractivity contribution in [2.45, 2.75) is 38.0 Å². The number of hydrogen-bond donors (Lipinski definition) is 0. The fraction of sp³-hybridized carbons (Fsp3) is 0.462. The molecule has 1 heterocycles. The maximum absolute atomic E-state index is 14.0. The van der Waals surface area contributed by atoms with E-state index in [-0.39, 0.29) is 16.1 Å². The predicted octanol–water partition coefficient (Wildman–Crippen LogP) is 3.75. The summed E-state index contributed by atoms with van der Waals surface area (Å²) in [5, 5.41) is 11.5. The second kappa shape index (κ2) is 5.55. The summed E-state index contributed by atoms with van der Waals surface area (Å²) in [7, 11) is 0. The number of aromatic nitrogens is 4. The number of hydrogen-bond acceptors (Lipinski definition) is 3. The molecule has 1 aliphatic carbocycles. The minimum atomic E-state index is -0.553. The molecule has 1 aromatic carbocycles. The van der Waals surface area contributed by atoms with Crippen molar-refractivity contribution in [1.82, 2.24) is 20.2 Å². The predicted molar refractivity (Wildman–Crippen MR) is 72.6 cm³/mol. The van der Waals surface area contributed by atoms with Crippen LogP contribution in [-0.4, -0.2) is 20.2 Å². The Morgan fingerprint density at radius 3 is 2.60 bits per heavy atom. The molecule has 0 radical (unpaired) electrons. The normalized spacial score (nSPS) is 16.6. The Morgan fingerprint density at radius 2 is 1.85 bits per heavy atom. The quantitative estimate of drug-likeness (QED) is 0.780. The van der Waals surface area contributed by atoms with Crippen molar-refractivity contribution in [2.75, 3.05) is 0 Å². The van der Waals surface area contributed by atoms with Crippen LogP contribution >= 0.6 is 15.9 Å². The van der Waals surface area contributed by atoms with Gasteiger partial charge < -0.3 is 0 Å². The number of halogens is 3. The third kappa shape index (κ3) is 2.46. The minimum absolute atomic E-state index is 0.0521. The summed E-state index contributed by atoms with van der Waals surface area (Å²) in [5.41, 5.74) is 0.0521. The molecule has 0 N–H and O–H groups in total. The molecule has 0 aliphatic heterocycles. The number of rotatable bonds is 2. The van der Waals surface area contributed by atoms with Crippen LogP contribution in [0.5, 0.6) is 0 Å². The van der Waals surface area contributed by atoms with Crippen molar-refractivity contribution in [3.05, 3.63) is 34.1 Å². The second-order valence-corrected chi connectivity index (χ2v) is 5.86. The average Bonchev–Trinajstić information content (AvgIpc) is 2.93. The molecule has 7 heteroatoms. The molecule has 3 rings (SSSR count). The molecule has 0 spiro atoms. The molecule has 1 aliphatic rings. The Bertz CT molecular complexity index is 623. The zero-order chi connectivity index (χ0) is 14.1. The molecule has 20 heavy (non-hydrogen) atoms. The Balaban J connectivity index is 2.03. The van der Waals surface area contributed by atoms with E-state index in [0.717, 1.165) is 37.8 Å². The Hall–Kier alpha value is -1.37. The first-order valence-electron chi connectivity index (χ1n) is 6.60. The van der Waals surface area contributed by atoms with E-state index in [9.17, 15) is 8.78 Å². The molecule has 1 aromatic heterocycles. The lowest BCUT2D eigenvalue weighted by atomic mass is 9.88. The number of nitrogens with zero attached hydrogens (tertiary/aromatic N) is 4. The van der Waals surface area contributed by atoms with Crippen LogP contribution in [-0.2, 0) is 0 Å². The lowest BCUT2D eigenvalue weighted by molar-refractivity contribution is 0.421. The van der Waals surface area contributed by atoms with Gasteiger partial charge in [0.25, 0.3) is 0 Å². The molecule has 0 amide bonds. The van der Waals surface area contributed by atoms with Gasteiger partial charge in [0, 0.05) is 12.0 Å². The molecular weight excluding hydrogens is 330 g/mol. The molecular formula is C13H13BrF2N4. The summed E-state index contributed by atoms with van der Waals surface area (Å²) in [6.45, 7) is 0. The molecule has 0 unspecified atom stereocenters. The van der Waals surface area contributed by atoms with Crippen LogP contribution in [0.2, 0.25) is 0 Å². The van der Waals surface area contributed by atoms with Crippen molar-refractivity contribution in [1.29, 1.82) is 0 Å². The highest BCUT2D eigenvalue weighted by Gasteiger charge is 2.24. The third-order valence-electron chi connectivity index (χ3n) is 3.68. The van der Waals surface area contributed by atoms with Gasteiger partial charge in [-0.2, -0.15) is 4.68 Å². The van der Waals surface area contributed by atoms with E-state index < -0.39 is 11.6 Å². The summed E-state index contributed by atoms with van der Waals surface area (Å²) in [6.07, 6.45) is 5.42. The van der Waals surface area contributed by atoms with Gasteiger partial charge in [0.2, 0.25) is 0 Å². The van der Waals surface area contributed by atoms with Gasteiger partial charge in [0.1, 0.15) is 17.3 Å². The van der Waals surface area contributed by atoms with Crippen LogP contribution in [0, 0.1) is 11.6 Å². The van der Waals surface area contributed by atoms with E-state index in [2.05, 4.69) is 31.5 Å². The standard InChI is InChI=1S/C13H13BrF2N4/c14-9-6-11(16)12(7-10(9)15)20-13(17-18-19-20)8-4-2-1-3-5-8/h6-8H,1-5H2. The maximum atomic E-state index is 14.0. The first-order valence-corrected chi connectivity index (χ1v) is 7.39. The van der Waals surface area contributed by atoms with E-state index in [1.165, 1.54) is 11.1 Å².